The number of carbonyl (C=O) groups is 2. The van der Waals surface area contributed by atoms with E-state index in [4.69, 9.17) is 9.88 Å². The summed E-state index contributed by atoms with van der Waals surface area (Å²) in [5, 5.41) is 7.63. The fourth-order valence-corrected chi connectivity index (χ4v) is 2.89. The monoisotopic (exact) mass is 394 g/mol. The second-order valence-corrected chi connectivity index (χ2v) is 7.55. The smallest absolute Gasteiger partial charge is 0.341 e. The summed E-state index contributed by atoms with van der Waals surface area (Å²) in [6.45, 7) is 4.95. The highest BCUT2D eigenvalue weighted by Gasteiger charge is 2.23. The van der Waals surface area contributed by atoms with Gasteiger partial charge in [0.2, 0.25) is 10.0 Å². The van der Waals surface area contributed by atoms with Gasteiger partial charge in [0.15, 0.2) is 6.10 Å². The number of halogens is 1. The number of rotatable bonds is 5. The first kappa shape index (κ1) is 20.5. The number of primary sulfonamides is 1. The van der Waals surface area contributed by atoms with Crippen LogP contribution in [0.4, 0.5) is 10.1 Å². The summed E-state index contributed by atoms with van der Waals surface area (Å²) in [6.07, 6.45) is -1.24. The average Bonchev–Trinajstić information content (AvgIpc) is 2.57. The Morgan fingerprint density at radius 2 is 1.74 bits per heavy atom. The molecule has 0 aliphatic carbocycles. The van der Waals surface area contributed by atoms with E-state index >= 15 is 0 Å². The SMILES string of the molecule is Cc1cccc(C)c1NC(=O)[C@@H](C)OC(=O)c1cc(S(N)(=O)=O)ccc1F. The fraction of sp³-hybridized carbons (Fsp3) is 0.222. The minimum absolute atomic E-state index is 0.441. The maximum absolute atomic E-state index is 13.9. The molecule has 2 aromatic rings. The summed E-state index contributed by atoms with van der Waals surface area (Å²) in [7, 11) is -4.12. The van der Waals surface area contributed by atoms with Crippen LogP contribution in [0.25, 0.3) is 0 Å². The van der Waals surface area contributed by atoms with Crippen LogP contribution in [0.2, 0.25) is 0 Å². The summed E-state index contributed by atoms with van der Waals surface area (Å²) in [4.78, 5) is 24.0. The van der Waals surface area contributed by atoms with Gasteiger partial charge in [-0.2, -0.15) is 0 Å². The Labute approximate surface area is 156 Å². The largest absolute Gasteiger partial charge is 0.449 e. The van der Waals surface area contributed by atoms with Crippen molar-refractivity contribution in [1.29, 1.82) is 0 Å². The first-order chi connectivity index (χ1) is 12.5. The second-order valence-electron chi connectivity index (χ2n) is 5.99. The molecule has 2 rings (SSSR count). The normalized spacial score (nSPS) is 12.3. The molecule has 144 valence electrons. The van der Waals surface area contributed by atoms with E-state index in [9.17, 15) is 22.4 Å². The third-order valence-electron chi connectivity index (χ3n) is 3.87. The molecule has 0 unspecified atom stereocenters. The Morgan fingerprint density at radius 3 is 2.30 bits per heavy atom. The van der Waals surface area contributed by atoms with Gasteiger partial charge >= 0.3 is 5.97 Å². The number of ether oxygens (including phenoxy) is 1. The molecule has 1 amide bonds. The Kier molecular flexibility index (Phi) is 5.97. The molecule has 0 aliphatic rings. The number of anilines is 1. The van der Waals surface area contributed by atoms with Crippen LogP contribution in [-0.2, 0) is 19.6 Å². The van der Waals surface area contributed by atoms with Crippen molar-refractivity contribution in [3.05, 3.63) is 58.9 Å². The van der Waals surface area contributed by atoms with E-state index in [1.807, 2.05) is 32.0 Å². The highest BCUT2D eigenvalue weighted by Crippen LogP contribution is 2.20. The van der Waals surface area contributed by atoms with Crippen molar-refractivity contribution in [3.8, 4) is 0 Å². The van der Waals surface area contributed by atoms with Crippen LogP contribution in [0.3, 0.4) is 0 Å². The molecule has 0 bridgehead atoms. The summed E-state index contributed by atoms with van der Waals surface area (Å²) < 4.78 is 41.6. The molecule has 9 heteroatoms. The number of sulfonamides is 1. The van der Waals surface area contributed by atoms with E-state index in [-0.39, 0.29) is 0 Å². The van der Waals surface area contributed by atoms with E-state index in [2.05, 4.69) is 5.32 Å². The minimum Gasteiger partial charge on any atom is -0.449 e. The zero-order valence-electron chi connectivity index (χ0n) is 14.9. The predicted molar refractivity (Wildman–Crippen MR) is 97.2 cm³/mol. The average molecular weight is 394 g/mol. The van der Waals surface area contributed by atoms with E-state index in [0.717, 1.165) is 29.3 Å². The van der Waals surface area contributed by atoms with Crippen LogP contribution in [-0.4, -0.2) is 26.4 Å². The number of amides is 1. The molecule has 0 fully saturated rings. The number of nitrogens with two attached hydrogens (primary N) is 1. The van der Waals surface area contributed by atoms with Gasteiger partial charge in [0.25, 0.3) is 5.91 Å². The number of nitrogens with one attached hydrogen (secondary N) is 1. The van der Waals surface area contributed by atoms with Crippen molar-refractivity contribution < 1.29 is 27.1 Å². The van der Waals surface area contributed by atoms with Gasteiger partial charge < -0.3 is 10.1 Å². The van der Waals surface area contributed by atoms with E-state index in [1.165, 1.54) is 6.92 Å². The molecule has 0 heterocycles. The highest BCUT2D eigenvalue weighted by molar-refractivity contribution is 7.89. The lowest BCUT2D eigenvalue weighted by Gasteiger charge is -2.16. The lowest BCUT2D eigenvalue weighted by atomic mass is 10.1. The van der Waals surface area contributed by atoms with Crippen molar-refractivity contribution in [3.63, 3.8) is 0 Å². The molecule has 27 heavy (non-hydrogen) atoms. The van der Waals surface area contributed by atoms with E-state index < -0.39 is 44.3 Å². The molecule has 0 spiro atoms. The van der Waals surface area contributed by atoms with Crippen LogP contribution in [0, 0.1) is 19.7 Å². The molecule has 0 aliphatic heterocycles. The van der Waals surface area contributed by atoms with Gasteiger partial charge in [-0.05, 0) is 50.1 Å². The van der Waals surface area contributed by atoms with Crippen molar-refractivity contribution in [2.24, 2.45) is 5.14 Å². The molecule has 1 atom stereocenters. The van der Waals surface area contributed by atoms with Gasteiger partial charge in [-0.3, -0.25) is 4.79 Å². The first-order valence-electron chi connectivity index (χ1n) is 7.91. The van der Waals surface area contributed by atoms with E-state index in [1.54, 1.807) is 0 Å². The van der Waals surface area contributed by atoms with Crippen LogP contribution >= 0.6 is 0 Å². The number of esters is 1. The summed E-state index contributed by atoms with van der Waals surface area (Å²) in [6, 6.07) is 7.95. The van der Waals surface area contributed by atoms with Gasteiger partial charge in [0, 0.05) is 5.69 Å². The lowest BCUT2D eigenvalue weighted by molar-refractivity contribution is -0.123. The van der Waals surface area contributed by atoms with Crippen LogP contribution in [0.1, 0.15) is 28.4 Å². The van der Waals surface area contributed by atoms with Crippen molar-refractivity contribution in [1.82, 2.24) is 0 Å². The third-order valence-corrected chi connectivity index (χ3v) is 4.78. The second kappa shape index (κ2) is 7.85. The number of hydrogen-bond donors (Lipinski definition) is 2. The van der Waals surface area contributed by atoms with Gasteiger partial charge in [0.05, 0.1) is 10.5 Å². The van der Waals surface area contributed by atoms with Gasteiger partial charge in [-0.15, -0.1) is 0 Å². The number of hydrogen-bond acceptors (Lipinski definition) is 5. The van der Waals surface area contributed by atoms with Crippen molar-refractivity contribution >= 4 is 27.6 Å². The van der Waals surface area contributed by atoms with Crippen LogP contribution in [0.15, 0.2) is 41.3 Å². The lowest BCUT2D eigenvalue weighted by Crippen LogP contribution is -2.30. The molecular formula is C18H19FN2O5S. The minimum atomic E-state index is -4.12. The van der Waals surface area contributed by atoms with Crippen molar-refractivity contribution in [2.45, 2.75) is 31.8 Å². The van der Waals surface area contributed by atoms with Crippen LogP contribution in [0.5, 0.6) is 0 Å². The number of aryl methyl sites for hydroxylation is 2. The predicted octanol–water partition coefficient (Wildman–Crippen LogP) is 2.27. The first-order valence-corrected chi connectivity index (χ1v) is 9.45. The third kappa shape index (κ3) is 4.89. The molecule has 0 saturated carbocycles. The van der Waals surface area contributed by atoms with Crippen LogP contribution < -0.4 is 10.5 Å². The Morgan fingerprint density at radius 1 is 1.15 bits per heavy atom. The fourth-order valence-electron chi connectivity index (χ4n) is 2.35. The Hall–Kier alpha value is -2.78. The topological polar surface area (TPSA) is 116 Å². The standard InChI is InChI=1S/C18H19FN2O5S/c1-10-5-4-6-11(2)16(10)21-17(22)12(3)26-18(23)14-9-13(27(20,24)25)7-8-15(14)19/h4-9,12H,1-3H3,(H,21,22)(H2,20,24,25)/t12-/m1/s1. The van der Waals surface area contributed by atoms with Gasteiger partial charge in [-0.1, -0.05) is 18.2 Å². The Bertz CT molecular complexity index is 985. The maximum Gasteiger partial charge on any atom is 0.341 e. The zero-order valence-corrected chi connectivity index (χ0v) is 15.8. The van der Waals surface area contributed by atoms with Crippen molar-refractivity contribution in [2.75, 3.05) is 5.32 Å². The summed E-state index contributed by atoms with van der Waals surface area (Å²) in [5.41, 5.74) is 1.61. The zero-order chi connectivity index (χ0) is 20.4. The van der Waals surface area contributed by atoms with Gasteiger partial charge in [0.1, 0.15) is 5.82 Å². The molecule has 0 aromatic heterocycles. The molecule has 3 N–H and O–H groups in total. The van der Waals surface area contributed by atoms with Gasteiger partial charge in [-0.25, -0.2) is 22.7 Å². The quantitative estimate of drug-likeness (QED) is 0.755. The summed E-state index contributed by atoms with van der Waals surface area (Å²) >= 11 is 0. The molecule has 2 aromatic carbocycles. The number of carbonyl (C=O) groups excluding carboxylic acids is 2. The molecular weight excluding hydrogens is 375 g/mol. The number of para-hydroxylation sites is 1. The Balaban J connectivity index is 2.17. The van der Waals surface area contributed by atoms with E-state index in [0.29, 0.717) is 5.69 Å². The number of benzene rings is 2. The highest BCUT2D eigenvalue weighted by atomic mass is 32.2. The molecule has 7 nitrogen and oxygen atoms in total. The maximum atomic E-state index is 13.9. The summed E-state index contributed by atoms with van der Waals surface area (Å²) in [5.74, 6) is -2.78. The molecule has 0 saturated heterocycles. The molecule has 0 radical (unpaired) electrons.